The molecule has 1 aromatic carbocycles. The molecule has 1 saturated heterocycles. The van der Waals surface area contributed by atoms with E-state index in [4.69, 9.17) is 0 Å². The van der Waals surface area contributed by atoms with Gasteiger partial charge < -0.3 is 10.2 Å². The van der Waals surface area contributed by atoms with Crippen LogP contribution in [0.15, 0.2) is 33.6 Å². The van der Waals surface area contributed by atoms with Crippen molar-refractivity contribution in [3.63, 3.8) is 0 Å². The number of carbonyl (C=O) groups excluding carboxylic acids is 1. The minimum atomic E-state index is 0. The molecule has 0 aromatic heterocycles. The smallest absolute Gasteiger partial charge is 0.223 e. The number of halogens is 2. The van der Waals surface area contributed by atoms with E-state index in [1.165, 1.54) is 11.3 Å². The molecular formula is C16H24BrClN2OS. The molecule has 124 valence electrons. The first-order valence-electron chi connectivity index (χ1n) is 7.50. The molecule has 0 bridgehead atoms. The Balaban J connectivity index is 0.00000242. The predicted molar refractivity (Wildman–Crippen MR) is 100.0 cm³/mol. The molecule has 1 fully saturated rings. The van der Waals surface area contributed by atoms with E-state index in [9.17, 15) is 4.79 Å². The van der Waals surface area contributed by atoms with Crippen molar-refractivity contribution in [3.8, 4) is 0 Å². The van der Waals surface area contributed by atoms with Gasteiger partial charge in [0.25, 0.3) is 0 Å². The molecule has 1 atom stereocenters. The SMILES string of the molecule is CNCC1CCCN(C(=O)CCSc2ccccc2Br)C1.Cl. The molecule has 1 unspecified atom stereocenters. The number of benzene rings is 1. The maximum atomic E-state index is 12.3. The average molecular weight is 408 g/mol. The second kappa shape index (κ2) is 10.5. The van der Waals surface area contributed by atoms with Gasteiger partial charge in [-0.05, 0) is 60.4 Å². The van der Waals surface area contributed by atoms with Gasteiger partial charge in [-0.25, -0.2) is 0 Å². The number of hydrogen-bond donors (Lipinski definition) is 1. The Kier molecular flexibility index (Phi) is 9.48. The van der Waals surface area contributed by atoms with Crippen LogP contribution in [0.25, 0.3) is 0 Å². The number of piperidine rings is 1. The van der Waals surface area contributed by atoms with Gasteiger partial charge in [-0.2, -0.15) is 0 Å². The number of nitrogens with zero attached hydrogens (tertiary/aromatic N) is 1. The van der Waals surface area contributed by atoms with Crippen molar-refractivity contribution >= 4 is 46.0 Å². The molecule has 1 heterocycles. The van der Waals surface area contributed by atoms with Crippen LogP contribution in [0.4, 0.5) is 0 Å². The van der Waals surface area contributed by atoms with E-state index in [-0.39, 0.29) is 12.4 Å². The van der Waals surface area contributed by atoms with Gasteiger partial charge in [0.2, 0.25) is 5.91 Å². The third-order valence-electron chi connectivity index (χ3n) is 3.77. The minimum absolute atomic E-state index is 0. The number of nitrogens with one attached hydrogen (secondary N) is 1. The van der Waals surface area contributed by atoms with Crippen molar-refractivity contribution in [2.45, 2.75) is 24.2 Å². The summed E-state index contributed by atoms with van der Waals surface area (Å²) >= 11 is 5.29. The molecule has 1 amide bonds. The number of amides is 1. The van der Waals surface area contributed by atoms with Gasteiger partial charge in [-0.15, -0.1) is 24.2 Å². The van der Waals surface area contributed by atoms with Gasteiger partial charge >= 0.3 is 0 Å². The van der Waals surface area contributed by atoms with Crippen LogP contribution in [0, 0.1) is 5.92 Å². The van der Waals surface area contributed by atoms with Crippen LogP contribution in [0.5, 0.6) is 0 Å². The number of likely N-dealkylation sites (tertiary alicyclic amines) is 1. The zero-order valence-electron chi connectivity index (χ0n) is 12.9. The highest BCUT2D eigenvalue weighted by Crippen LogP contribution is 2.27. The summed E-state index contributed by atoms with van der Waals surface area (Å²) in [5.74, 6) is 1.76. The van der Waals surface area contributed by atoms with Crippen molar-refractivity contribution in [1.29, 1.82) is 0 Å². The maximum Gasteiger partial charge on any atom is 0.223 e. The fourth-order valence-corrected chi connectivity index (χ4v) is 4.22. The second-order valence-corrected chi connectivity index (χ2v) is 7.43. The van der Waals surface area contributed by atoms with Crippen LogP contribution in [0.2, 0.25) is 0 Å². The Morgan fingerprint density at radius 1 is 1.45 bits per heavy atom. The zero-order valence-corrected chi connectivity index (χ0v) is 16.1. The van der Waals surface area contributed by atoms with E-state index in [1.54, 1.807) is 11.8 Å². The Morgan fingerprint density at radius 2 is 2.23 bits per heavy atom. The van der Waals surface area contributed by atoms with E-state index >= 15 is 0 Å². The maximum absolute atomic E-state index is 12.3. The summed E-state index contributed by atoms with van der Waals surface area (Å²) in [6.45, 7) is 2.85. The number of carbonyl (C=O) groups is 1. The number of hydrogen-bond acceptors (Lipinski definition) is 3. The fourth-order valence-electron chi connectivity index (χ4n) is 2.72. The molecule has 22 heavy (non-hydrogen) atoms. The molecular weight excluding hydrogens is 384 g/mol. The average Bonchev–Trinajstić information content (AvgIpc) is 2.50. The lowest BCUT2D eigenvalue weighted by Crippen LogP contribution is -2.42. The number of thioether (sulfide) groups is 1. The lowest BCUT2D eigenvalue weighted by molar-refractivity contribution is -0.132. The van der Waals surface area contributed by atoms with Crippen LogP contribution in [0.1, 0.15) is 19.3 Å². The standard InChI is InChI=1S/C16H23BrN2OS.ClH/c1-18-11-13-5-4-9-19(12-13)16(20)8-10-21-15-7-3-2-6-14(15)17;/h2-3,6-7,13,18H,4-5,8-12H2,1H3;1H. The molecule has 3 nitrogen and oxygen atoms in total. The van der Waals surface area contributed by atoms with E-state index in [1.807, 2.05) is 30.1 Å². The first-order valence-corrected chi connectivity index (χ1v) is 9.28. The van der Waals surface area contributed by atoms with Crippen LogP contribution in [-0.4, -0.2) is 43.2 Å². The largest absolute Gasteiger partial charge is 0.342 e. The monoisotopic (exact) mass is 406 g/mol. The Hall–Kier alpha value is -0.230. The Labute approximate surface area is 152 Å². The molecule has 1 N–H and O–H groups in total. The normalized spacial score (nSPS) is 17.9. The molecule has 0 aliphatic carbocycles. The van der Waals surface area contributed by atoms with Gasteiger partial charge in [-0.3, -0.25) is 4.79 Å². The first-order chi connectivity index (χ1) is 10.2. The molecule has 6 heteroatoms. The van der Waals surface area contributed by atoms with Gasteiger partial charge in [0, 0.05) is 34.6 Å². The fraction of sp³-hybridized carbons (Fsp3) is 0.562. The van der Waals surface area contributed by atoms with Crippen LogP contribution >= 0.6 is 40.1 Å². The van der Waals surface area contributed by atoms with Crippen molar-refractivity contribution in [2.24, 2.45) is 5.92 Å². The highest BCUT2D eigenvalue weighted by Gasteiger charge is 2.22. The summed E-state index contributed by atoms with van der Waals surface area (Å²) in [7, 11) is 1.98. The Morgan fingerprint density at radius 3 is 2.95 bits per heavy atom. The van der Waals surface area contributed by atoms with Crippen molar-refractivity contribution < 1.29 is 4.79 Å². The van der Waals surface area contributed by atoms with Crippen molar-refractivity contribution in [2.75, 3.05) is 32.4 Å². The third kappa shape index (κ3) is 6.11. The highest BCUT2D eigenvalue weighted by atomic mass is 79.9. The van der Waals surface area contributed by atoms with Gasteiger partial charge in [0.1, 0.15) is 0 Å². The lowest BCUT2D eigenvalue weighted by atomic mass is 9.98. The van der Waals surface area contributed by atoms with Crippen LogP contribution in [0.3, 0.4) is 0 Å². The van der Waals surface area contributed by atoms with Crippen molar-refractivity contribution in [1.82, 2.24) is 10.2 Å². The van der Waals surface area contributed by atoms with E-state index in [0.29, 0.717) is 18.2 Å². The van der Waals surface area contributed by atoms with Gasteiger partial charge in [0.05, 0.1) is 0 Å². The third-order valence-corrected chi connectivity index (χ3v) is 5.80. The summed E-state index contributed by atoms with van der Waals surface area (Å²) in [5, 5.41) is 3.22. The van der Waals surface area contributed by atoms with Gasteiger partial charge in [0.15, 0.2) is 0 Å². The summed E-state index contributed by atoms with van der Waals surface area (Å²) < 4.78 is 1.11. The topological polar surface area (TPSA) is 32.3 Å². The van der Waals surface area contributed by atoms with Gasteiger partial charge in [-0.1, -0.05) is 12.1 Å². The first kappa shape index (κ1) is 19.8. The molecule has 1 aromatic rings. The quantitative estimate of drug-likeness (QED) is 0.728. The summed E-state index contributed by atoms with van der Waals surface area (Å²) in [6.07, 6.45) is 2.99. The predicted octanol–water partition coefficient (Wildman–Crippen LogP) is 3.81. The Bertz CT molecular complexity index is 473. The molecule has 1 aliphatic rings. The minimum Gasteiger partial charge on any atom is -0.342 e. The molecule has 0 spiro atoms. The molecule has 1 aliphatic heterocycles. The number of rotatable bonds is 6. The zero-order chi connectivity index (χ0) is 15.1. The molecule has 0 saturated carbocycles. The van der Waals surface area contributed by atoms with Crippen LogP contribution < -0.4 is 5.32 Å². The summed E-state index contributed by atoms with van der Waals surface area (Å²) in [4.78, 5) is 15.6. The van der Waals surface area contributed by atoms with E-state index in [0.717, 1.165) is 36.3 Å². The van der Waals surface area contributed by atoms with Crippen LogP contribution in [-0.2, 0) is 4.79 Å². The van der Waals surface area contributed by atoms with Crippen molar-refractivity contribution in [3.05, 3.63) is 28.7 Å². The second-order valence-electron chi connectivity index (χ2n) is 5.43. The summed E-state index contributed by atoms with van der Waals surface area (Å²) in [6, 6.07) is 8.16. The van der Waals surface area contributed by atoms with E-state index in [2.05, 4.69) is 27.3 Å². The highest BCUT2D eigenvalue weighted by molar-refractivity contribution is 9.10. The summed E-state index contributed by atoms with van der Waals surface area (Å²) in [5.41, 5.74) is 0. The molecule has 2 rings (SSSR count). The lowest BCUT2D eigenvalue weighted by Gasteiger charge is -2.32. The van der Waals surface area contributed by atoms with E-state index < -0.39 is 0 Å². The molecule has 0 radical (unpaired) electrons.